The van der Waals surface area contributed by atoms with Gasteiger partial charge in [-0.05, 0) is 19.9 Å². The number of aryl methyl sites for hydroxylation is 1. The van der Waals surface area contributed by atoms with Crippen molar-refractivity contribution < 1.29 is 18.8 Å². The van der Waals surface area contributed by atoms with Crippen LogP contribution < -0.4 is 0 Å². The first-order valence-corrected chi connectivity index (χ1v) is 6.86. The summed E-state index contributed by atoms with van der Waals surface area (Å²) in [5.41, 5.74) is 2.11. The van der Waals surface area contributed by atoms with E-state index in [1.54, 1.807) is 18.5 Å². The van der Waals surface area contributed by atoms with Gasteiger partial charge >= 0.3 is 5.97 Å². The topological polar surface area (TPSA) is 87.3 Å². The average Bonchev–Trinajstić information content (AvgIpc) is 2.76. The van der Waals surface area contributed by atoms with E-state index in [0.717, 1.165) is 17.3 Å². The molecule has 23 heavy (non-hydrogen) atoms. The van der Waals surface area contributed by atoms with Crippen molar-refractivity contribution in [2.24, 2.45) is 0 Å². The van der Waals surface area contributed by atoms with Crippen LogP contribution >= 0.6 is 0 Å². The highest BCUT2D eigenvalue weighted by molar-refractivity contribution is 5.73. The van der Waals surface area contributed by atoms with Gasteiger partial charge in [-0.15, -0.1) is 0 Å². The predicted octanol–water partition coefficient (Wildman–Crippen LogP) is 2.31. The second-order valence-corrected chi connectivity index (χ2v) is 5.09. The lowest BCUT2D eigenvalue weighted by atomic mass is 10.1. The second-order valence-electron chi connectivity index (χ2n) is 5.09. The fourth-order valence-corrected chi connectivity index (χ4v) is 2.30. The van der Waals surface area contributed by atoms with Crippen molar-refractivity contribution in [1.82, 2.24) is 9.78 Å². The van der Waals surface area contributed by atoms with Crippen LogP contribution in [0.3, 0.4) is 0 Å². The molecular weight excluding hydrogens is 305 g/mol. The fourth-order valence-electron chi connectivity index (χ4n) is 2.30. The third kappa shape index (κ3) is 3.53. The molecule has 122 valence electrons. The van der Waals surface area contributed by atoms with Gasteiger partial charge in [0.15, 0.2) is 0 Å². The SMILES string of the molecule is COC(=O)Cc1c(C)nn(Cc2ccc([N+](=O)[O-])cc2F)c1C. The number of non-ortho nitro benzene ring substituents is 1. The Morgan fingerprint density at radius 3 is 2.70 bits per heavy atom. The van der Waals surface area contributed by atoms with Gasteiger partial charge in [0.25, 0.3) is 5.69 Å². The van der Waals surface area contributed by atoms with Crippen molar-refractivity contribution in [3.8, 4) is 0 Å². The van der Waals surface area contributed by atoms with Crippen molar-refractivity contribution in [3.63, 3.8) is 0 Å². The number of benzene rings is 1. The average molecular weight is 321 g/mol. The number of ether oxygens (including phenoxy) is 1. The standard InChI is InChI=1S/C15H16FN3O4/c1-9-13(7-15(20)23-3)10(2)18(17-9)8-11-4-5-12(19(21)22)6-14(11)16/h4-6H,7-8H2,1-3H3. The van der Waals surface area contributed by atoms with E-state index in [2.05, 4.69) is 9.84 Å². The van der Waals surface area contributed by atoms with Gasteiger partial charge in [-0.3, -0.25) is 19.6 Å². The van der Waals surface area contributed by atoms with E-state index >= 15 is 0 Å². The van der Waals surface area contributed by atoms with Gasteiger partial charge in [0.05, 0.1) is 36.8 Å². The summed E-state index contributed by atoms with van der Waals surface area (Å²) in [6.07, 6.45) is 0.0942. The number of nitro benzene ring substituents is 1. The summed E-state index contributed by atoms with van der Waals surface area (Å²) in [6.45, 7) is 3.66. The fraction of sp³-hybridized carbons (Fsp3) is 0.333. The molecule has 1 aromatic carbocycles. The Morgan fingerprint density at radius 2 is 2.13 bits per heavy atom. The van der Waals surface area contributed by atoms with Crippen LogP contribution in [0.2, 0.25) is 0 Å². The Kier molecular flexibility index (Phi) is 4.73. The smallest absolute Gasteiger partial charge is 0.310 e. The lowest BCUT2D eigenvalue weighted by molar-refractivity contribution is -0.385. The molecule has 0 saturated heterocycles. The molecule has 0 spiro atoms. The van der Waals surface area contributed by atoms with E-state index in [0.29, 0.717) is 5.69 Å². The van der Waals surface area contributed by atoms with Crippen LogP contribution in [-0.4, -0.2) is 27.8 Å². The minimum Gasteiger partial charge on any atom is -0.469 e. The Labute approximate surface area is 131 Å². The molecule has 0 radical (unpaired) electrons. The first kappa shape index (κ1) is 16.6. The first-order chi connectivity index (χ1) is 10.8. The quantitative estimate of drug-likeness (QED) is 0.479. The normalized spacial score (nSPS) is 10.6. The summed E-state index contributed by atoms with van der Waals surface area (Å²) < 4.78 is 20.2. The monoisotopic (exact) mass is 321 g/mol. The molecule has 1 aromatic heterocycles. The molecule has 2 aromatic rings. The van der Waals surface area contributed by atoms with Crippen LogP contribution in [0.4, 0.5) is 10.1 Å². The summed E-state index contributed by atoms with van der Waals surface area (Å²) in [5.74, 6) is -1.04. The van der Waals surface area contributed by atoms with Crippen LogP contribution in [0.1, 0.15) is 22.5 Å². The number of aromatic nitrogens is 2. The zero-order chi connectivity index (χ0) is 17.1. The first-order valence-electron chi connectivity index (χ1n) is 6.86. The molecule has 0 fully saturated rings. The lowest BCUT2D eigenvalue weighted by Gasteiger charge is -2.07. The largest absolute Gasteiger partial charge is 0.469 e. The molecule has 0 aliphatic heterocycles. The third-order valence-corrected chi connectivity index (χ3v) is 3.65. The van der Waals surface area contributed by atoms with E-state index in [1.165, 1.54) is 19.2 Å². The molecule has 0 N–H and O–H groups in total. The summed E-state index contributed by atoms with van der Waals surface area (Å²) >= 11 is 0. The van der Waals surface area contributed by atoms with Gasteiger partial charge < -0.3 is 4.74 Å². The zero-order valence-corrected chi connectivity index (χ0v) is 13.0. The maximum Gasteiger partial charge on any atom is 0.310 e. The highest BCUT2D eigenvalue weighted by atomic mass is 19.1. The maximum atomic E-state index is 14.0. The number of rotatable bonds is 5. The minimum absolute atomic E-state index is 0.0942. The van der Waals surface area contributed by atoms with Gasteiger partial charge in [0.2, 0.25) is 0 Å². The lowest BCUT2D eigenvalue weighted by Crippen LogP contribution is -2.08. The third-order valence-electron chi connectivity index (χ3n) is 3.65. The number of hydrogen-bond donors (Lipinski definition) is 0. The van der Waals surface area contributed by atoms with E-state index in [1.807, 2.05) is 0 Å². The molecule has 7 nitrogen and oxygen atoms in total. The van der Waals surface area contributed by atoms with E-state index in [-0.39, 0.29) is 30.2 Å². The van der Waals surface area contributed by atoms with Crippen molar-refractivity contribution in [1.29, 1.82) is 0 Å². The van der Waals surface area contributed by atoms with Crippen LogP contribution in [0.5, 0.6) is 0 Å². The molecule has 0 unspecified atom stereocenters. The number of halogens is 1. The van der Waals surface area contributed by atoms with Gasteiger partial charge in [-0.2, -0.15) is 5.10 Å². The Hall–Kier alpha value is -2.77. The number of nitro groups is 1. The number of nitrogens with zero attached hydrogens (tertiary/aromatic N) is 3. The Balaban J connectivity index is 2.29. The number of carbonyl (C=O) groups excluding carboxylic acids is 1. The van der Waals surface area contributed by atoms with Crippen LogP contribution in [0.25, 0.3) is 0 Å². The van der Waals surface area contributed by atoms with Gasteiger partial charge in [0.1, 0.15) is 5.82 Å². The molecule has 0 bridgehead atoms. The highest BCUT2D eigenvalue weighted by Gasteiger charge is 2.17. The Bertz CT molecular complexity index is 770. The molecule has 2 rings (SSSR count). The molecule has 0 atom stereocenters. The zero-order valence-electron chi connectivity index (χ0n) is 13.0. The van der Waals surface area contributed by atoms with Gasteiger partial charge in [-0.25, -0.2) is 4.39 Å². The number of esters is 1. The number of carbonyl (C=O) groups is 1. The summed E-state index contributed by atoms with van der Waals surface area (Å²) in [7, 11) is 1.31. The Morgan fingerprint density at radius 1 is 1.43 bits per heavy atom. The molecule has 8 heteroatoms. The number of hydrogen-bond acceptors (Lipinski definition) is 5. The molecule has 0 aliphatic carbocycles. The molecule has 0 amide bonds. The second kappa shape index (κ2) is 6.55. The summed E-state index contributed by atoms with van der Waals surface area (Å²) in [5, 5.41) is 14.9. The number of methoxy groups -OCH3 is 1. The van der Waals surface area contributed by atoms with Crippen molar-refractivity contribution in [2.45, 2.75) is 26.8 Å². The van der Waals surface area contributed by atoms with E-state index in [9.17, 15) is 19.3 Å². The minimum atomic E-state index is -0.665. The highest BCUT2D eigenvalue weighted by Crippen LogP contribution is 2.20. The van der Waals surface area contributed by atoms with Gasteiger partial charge in [-0.1, -0.05) is 0 Å². The molecular formula is C15H16FN3O4. The van der Waals surface area contributed by atoms with Crippen molar-refractivity contribution in [3.05, 3.63) is 56.6 Å². The van der Waals surface area contributed by atoms with Gasteiger partial charge in [0, 0.05) is 22.9 Å². The molecule has 1 heterocycles. The molecule has 0 aliphatic rings. The predicted molar refractivity (Wildman–Crippen MR) is 79.6 cm³/mol. The van der Waals surface area contributed by atoms with E-state index in [4.69, 9.17) is 0 Å². The molecule has 0 saturated carbocycles. The van der Waals surface area contributed by atoms with E-state index < -0.39 is 10.7 Å². The van der Waals surface area contributed by atoms with Crippen molar-refractivity contribution >= 4 is 11.7 Å². The summed E-state index contributed by atoms with van der Waals surface area (Å²) in [6, 6.07) is 3.50. The van der Waals surface area contributed by atoms with Crippen molar-refractivity contribution in [2.75, 3.05) is 7.11 Å². The summed E-state index contributed by atoms with van der Waals surface area (Å²) in [4.78, 5) is 21.4. The maximum absolute atomic E-state index is 14.0. The van der Waals surface area contributed by atoms with Crippen LogP contribution in [0, 0.1) is 29.8 Å². The van der Waals surface area contributed by atoms with Crippen LogP contribution in [-0.2, 0) is 22.5 Å². The van der Waals surface area contributed by atoms with Crippen LogP contribution in [0.15, 0.2) is 18.2 Å².